The molecule has 3 rings (SSSR count). The Kier molecular flexibility index (Phi) is 5.25. The second kappa shape index (κ2) is 7.17. The Morgan fingerprint density at radius 2 is 1.90 bits per heavy atom. The molecule has 1 saturated carbocycles. The summed E-state index contributed by atoms with van der Waals surface area (Å²) in [5.41, 5.74) is 7.67. The van der Waals surface area contributed by atoms with Gasteiger partial charge in [0.2, 0.25) is 0 Å². The average Bonchev–Trinajstić information content (AvgIpc) is 2.53. The Hall–Kier alpha value is -0.510. The first kappa shape index (κ1) is 15.4. The third-order valence-electron chi connectivity index (χ3n) is 5.02. The van der Waals surface area contributed by atoms with Gasteiger partial charge in [0.25, 0.3) is 0 Å². The minimum Gasteiger partial charge on any atom is -0.328 e. The summed E-state index contributed by atoms with van der Waals surface area (Å²) in [6, 6.07) is 10.8. The van der Waals surface area contributed by atoms with Crippen LogP contribution in [0.15, 0.2) is 29.2 Å². The van der Waals surface area contributed by atoms with Crippen molar-refractivity contribution < 1.29 is 0 Å². The van der Waals surface area contributed by atoms with Crippen LogP contribution in [0.25, 0.3) is 0 Å². The predicted octanol–water partition coefficient (Wildman–Crippen LogP) is 4.21. The summed E-state index contributed by atoms with van der Waals surface area (Å²) in [5, 5.41) is 0. The SMILES string of the molecule is CCCN(C1CCC(N)CC1)C1CCSc2ccccc21. The molecule has 0 saturated heterocycles. The van der Waals surface area contributed by atoms with Gasteiger partial charge in [-0.3, -0.25) is 4.90 Å². The van der Waals surface area contributed by atoms with Gasteiger partial charge in [-0.25, -0.2) is 0 Å². The van der Waals surface area contributed by atoms with Crippen LogP contribution in [0.3, 0.4) is 0 Å². The molecule has 1 atom stereocenters. The zero-order chi connectivity index (χ0) is 14.7. The molecule has 2 aliphatic rings. The number of fused-ring (bicyclic) bond motifs is 1. The Morgan fingerprint density at radius 1 is 1.14 bits per heavy atom. The van der Waals surface area contributed by atoms with Gasteiger partial charge in [-0.1, -0.05) is 25.1 Å². The second-order valence-electron chi connectivity index (χ2n) is 6.50. The maximum atomic E-state index is 6.10. The van der Waals surface area contributed by atoms with Crippen molar-refractivity contribution >= 4 is 11.8 Å². The van der Waals surface area contributed by atoms with Crippen molar-refractivity contribution in [3.8, 4) is 0 Å². The highest BCUT2D eigenvalue weighted by molar-refractivity contribution is 7.99. The van der Waals surface area contributed by atoms with Crippen LogP contribution in [0, 0.1) is 0 Å². The summed E-state index contributed by atoms with van der Waals surface area (Å²) < 4.78 is 0. The molecule has 1 unspecified atom stereocenters. The molecule has 21 heavy (non-hydrogen) atoms. The lowest BCUT2D eigenvalue weighted by Gasteiger charge is -2.43. The molecule has 1 heterocycles. The molecular weight excluding hydrogens is 276 g/mol. The smallest absolute Gasteiger partial charge is 0.0370 e. The van der Waals surface area contributed by atoms with Crippen LogP contribution < -0.4 is 5.73 Å². The van der Waals surface area contributed by atoms with Crippen molar-refractivity contribution in [3.63, 3.8) is 0 Å². The molecule has 0 bridgehead atoms. The van der Waals surface area contributed by atoms with E-state index in [-0.39, 0.29) is 0 Å². The van der Waals surface area contributed by atoms with Crippen molar-refractivity contribution in [3.05, 3.63) is 29.8 Å². The van der Waals surface area contributed by atoms with Gasteiger partial charge < -0.3 is 5.73 Å². The van der Waals surface area contributed by atoms with E-state index in [2.05, 4.69) is 36.1 Å². The van der Waals surface area contributed by atoms with Crippen LogP contribution in [-0.2, 0) is 0 Å². The number of nitrogens with zero attached hydrogens (tertiary/aromatic N) is 1. The highest BCUT2D eigenvalue weighted by Gasteiger charge is 2.32. The number of hydrogen-bond acceptors (Lipinski definition) is 3. The minimum absolute atomic E-state index is 0.443. The van der Waals surface area contributed by atoms with Crippen LogP contribution in [-0.4, -0.2) is 29.3 Å². The quantitative estimate of drug-likeness (QED) is 0.903. The summed E-state index contributed by atoms with van der Waals surface area (Å²) >= 11 is 2.03. The first-order valence-corrected chi connectivity index (χ1v) is 9.51. The maximum Gasteiger partial charge on any atom is 0.0370 e. The molecule has 2 N–H and O–H groups in total. The van der Waals surface area contributed by atoms with Gasteiger partial charge in [-0.2, -0.15) is 0 Å². The largest absolute Gasteiger partial charge is 0.328 e. The third kappa shape index (κ3) is 3.46. The van der Waals surface area contributed by atoms with E-state index in [1.54, 1.807) is 5.56 Å². The van der Waals surface area contributed by atoms with Crippen LogP contribution >= 0.6 is 11.8 Å². The highest BCUT2D eigenvalue weighted by atomic mass is 32.2. The fourth-order valence-electron chi connectivity index (χ4n) is 3.95. The molecule has 1 aromatic carbocycles. The summed E-state index contributed by atoms with van der Waals surface area (Å²) in [6.45, 7) is 3.54. The van der Waals surface area contributed by atoms with Gasteiger partial charge in [0, 0.05) is 23.0 Å². The van der Waals surface area contributed by atoms with E-state index in [4.69, 9.17) is 5.73 Å². The highest BCUT2D eigenvalue weighted by Crippen LogP contribution is 2.41. The van der Waals surface area contributed by atoms with Crippen molar-refractivity contribution in [1.29, 1.82) is 0 Å². The second-order valence-corrected chi connectivity index (χ2v) is 7.63. The fraction of sp³-hybridized carbons (Fsp3) is 0.667. The molecule has 1 aliphatic heterocycles. The average molecular weight is 305 g/mol. The van der Waals surface area contributed by atoms with Gasteiger partial charge in [-0.15, -0.1) is 11.8 Å². The van der Waals surface area contributed by atoms with E-state index in [9.17, 15) is 0 Å². The van der Waals surface area contributed by atoms with Crippen molar-refractivity contribution in [2.24, 2.45) is 5.73 Å². The molecule has 3 heteroatoms. The first-order chi connectivity index (χ1) is 10.3. The van der Waals surface area contributed by atoms with Crippen LogP contribution in [0.2, 0.25) is 0 Å². The summed E-state index contributed by atoms with van der Waals surface area (Å²) in [7, 11) is 0. The molecule has 2 nitrogen and oxygen atoms in total. The Balaban J connectivity index is 1.81. The molecule has 1 fully saturated rings. The Labute approximate surface area is 133 Å². The third-order valence-corrected chi connectivity index (χ3v) is 6.14. The standard InChI is InChI=1S/C18H28N2S/c1-2-12-20(15-9-7-14(19)8-10-15)17-11-13-21-18-6-4-3-5-16(17)18/h3-6,14-15,17H,2,7-13,19H2,1H3. The lowest BCUT2D eigenvalue weighted by atomic mass is 9.88. The summed E-state index contributed by atoms with van der Waals surface area (Å²) in [6.07, 6.45) is 7.51. The van der Waals surface area contributed by atoms with Crippen molar-refractivity contribution in [1.82, 2.24) is 4.90 Å². The van der Waals surface area contributed by atoms with Crippen LogP contribution in [0.5, 0.6) is 0 Å². The van der Waals surface area contributed by atoms with Gasteiger partial charge in [0.15, 0.2) is 0 Å². The Morgan fingerprint density at radius 3 is 2.67 bits per heavy atom. The fourth-order valence-corrected chi connectivity index (χ4v) is 5.06. The number of thioether (sulfide) groups is 1. The van der Waals surface area contributed by atoms with E-state index in [0.29, 0.717) is 12.1 Å². The minimum atomic E-state index is 0.443. The van der Waals surface area contributed by atoms with Crippen LogP contribution in [0.4, 0.5) is 0 Å². The van der Waals surface area contributed by atoms with Gasteiger partial charge >= 0.3 is 0 Å². The molecule has 1 aliphatic carbocycles. The zero-order valence-electron chi connectivity index (χ0n) is 13.1. The van der Waals surface area contributed by atoms with E-state index >= 15 is 0 Å². The monoisotopic (exact) mass is 304 g/mol. The van der Waals surface area contributed by atoms with E-state index in [1.165, 1.54) is 55.7 Å². The molecule has 116 valence electrons. The number of hydrogen-bond donors (Lipinski definition) is 1. The van der Waals surface area contributed by atoms with Gasteiger partial charge in [0.1, 0.15) is 0 Å². The normalized spacial score (nSPS) is 29.4. The maximum absolute atomic E-state index is 6.10. The molecule has 0 spiro atoms. The van der Waals surface area contributed by atoms with E-state index in [0.717, 1.165) is 6.04 Å². The van der Waals surface area contributed by atoms with Gasteiger partial charge in [-0.05, 0) is 62.5 Å². The molecule has 1 aromatic rings. The lowest BCUT2D eigenvalue weighted by Crippen LogP contribution is -2.44. The number of nitrogens with two attached hydrogens (primary N) is 1. The molecule has 0 radical (unpaired) electrons. The predicted molar refractivity (Wildman–Crippen MR) is 91.8 cm³/mol. The van der Waals surface area contributed by atoms with Crippen molar-refractivity contribution in [2.45, 2.75) is 68.5 Å². The first-order valence-electron chi connectivity index (χ1n) is 8.52. The van der Waals surface area contributed by atoms with E-state index < -0.39 is 0 Å². The lowest BCUT2D eigenvalue weighted by molar-refractivity contribution is 0.0946. The summed E-state index contributed by atoms with van der Waals surface area (Å²) in [4.78, 5) is 4.31. The molecule has 0 amide bonds. The van der Waals surface area contributed by atoms with Crippen molar-refractivity contribution in [2.75, 3.05) is 12.3 Å². The summed E-state index contributed by atoms with van der Waals surface area (Å²) in [5.74, 6) is 1.26. The van der Waals surface area contributed by atoms with Crippen LogP contribution in [0.1, 0.15) is 57.1 Å². The molecular formula is C18H28N2S. The van der Waals surface area contributed by atoms with Gasteiger partial charge in [0.05, 0.1) is 0 Å². The number of benzene rings is 1. The topological polar surface area (TPSA) is 29.3 Å². The zero-order valence-corrected chi connectivity index (χ0v) is 13.9. The number of rotatable bonds is 4. The van der Waals surface area contributed by atoms with E-state index in [1.807, 2.05) is 11.8 Å². The Bertz CT molecular complexity index is 454. The molecule has 0 aromatic heterocycles.